The van der Waals surface area contributed by atoms with Gasteiger partial charge in [0.05, 0.1) is 0 Å². The Morgan fingerprint density at radius 1 is 1.37 bits per heavy atom. The molecule has 2 rings (SSSR count). The van der Waals surface area contributed by atoms with Gasteiger partial charge in [0.25, 0.3) is 0 Å². The summed E-state index contributed by atoms with van der Waals surface area (Å²) in [5, 5.41) is 3.44. The number of anilines is 1. The molecule has 1 aromatic rings. The third-order valence-electron chi connectivity index (χ3n) is 4.05. The first kappa shape index (κ1) is 14.4. The maximum Gasteiger partial charge on any atom is 0.205 e. The molecule has 1 N–H and O–H groups in total. The van der Waals surface area contributed by atoms with E-state index in [4.69, 9.17) is 0 Å². The Kier molecular flexibility index (Phi) is 5.70. The van der Waals surface area contributed by atoms with E-state index in [0.717, 1.165) is 31.5 Å². The fourth-order valence-electron chi connectivity index (χ4n) is 2.82. The van der Waals surface area contributed by atoms with Crippen LogP contribution < -0.4 is 10.2 Å². The number of piperidine rings is 1. The molecule has 0 bridgehead atoms. The SMILES string of the molecule is CCCCn1ccnc1N(CC)CC1CCNCC1. The Hall–Kier alpha value is -1.03. The van der Waals surface area contributed by atoms with Crippen LogP contribution in [0.4, 0.5) is 5.95 Å². The Morgan fingerprint density at radius 2 is 2.16 bits per heavy atom. The minimum Gasteiger partial charge on any atom is -0.342 e. The number of unbranched alkanes of at least 4 members (excludes halogenated alkanes) is 1. The third kappa shape index (κ3) is 3.96. The minimum absolute atomic E-state index is 0.817. The lowest BCUT2D eigenvalue weighted by molar-refractivity contribution is 0.372. The molecule has 108 valence electrons. The van der Waals surface area contributed by atoms with Gasteiger partial charge in [0.15, 0.2) is 0 Å². The van der Waals surface area contributed by atoms with Gasteiger partial charge in [-0.3, -0.25) is 0 Å². The summed E-state index contributed by atoms with van der Waals surface area (Å²) < 4.78 is 2.31. The summed E-state index contributed by atoms with van der Waals surface area (Å²) in [5.41, 5.74) is 0. The van der Waals surface area contributed by atoms with Crippen molar-refractivity contribution in [2.75, 3.05) is 31.1 Å². The second-order valence-electron chi connectivity index (χ2n) is 5.51. The van der Waals surface area contributed by atoms with Crippen LogP contribution in [-0.4, -0.2) is 35.7 Å². The molecule has 0 unspecified atom stereocenters. The van der Waals surface area contributed by atoms with E-state index in [2.05, 4.69) is 39.8 Å². The van der Waals surface area contributed by atoms with Gasteiger partial charge in [-0.25, -0.2) is 4.98 Å². The van der Waals surface area contributed by atoms with E-state index >= 15 is 0 Å². The lowest BCUT2D eigenvalue weighted by atomic mass is 9.98. The summed E-state index contributed by atoms with van der Waals surface area (Å²) in [6.45, 7) is 10.1. The number of aryl methyl sites for hydroxylation is 1. The molecule has 4 heteroatoms. The summed E-state index contributed by atoms with van der Waals surface area (Å²) in [6.07, 6.45) is 9.12. The van der Waals surface area contributed by atoms with Gasteiger partial charge in [-0.1, -0.05) is 13.3 Å². The zero-order valence-electron chi connectivity index (χ0n) is 12.4. The van der Waals surface area contributed by atoms with Crippen LogP contribution in [0.2, 0.25) is 0 Å². The summed E-state index contributed by atoms with van der Waals surface area (Å²) in [4.78, 5) is 7.03. The van der Waals surface area contributed by atoms with E-state index in [1.807, 2.05) is 6.20 Å². The number of imidazole rings is 1. The van der Waals surface area contributed by atoms with Crippen molar-refractivity contribution in [1.29, 1.82) is 0 Å². The van der Waals surface area contributed by atoms with Crippen molar-refractivity contribution in [3.05, 3.63) is 12.4 Å². The fraction of sp³-hybridized carbons (Fsp3) is 0.800. The van der Waals surface area contributed by atoms with Crippen molar-refractivity contribution in [3.8, 4) is 0 Å². The number of nitrogens with one attached hydrogen (secondary N) is 1. The molecule has 4 nitrogen and oxygen atoms in total. The Bertz CT molecular complexity index is 355. The number of aromatic nitrogens is 2. The molecule has 0 aliphatic carbocycles. The summed E-state index contributed by atoms with van der Waals surface area (Å²) in [5.74, 6) is 1.98. The lowest BCUT2D eigenvalue weighted by Gasteiger charge is -2.30. The number of rotatable bonds is 7. The maximum atomic E-state index is 4.58. The highest BCUT2D eigenvalue weighted by Gasteiger charge is 2.18. The van der Waals surface area contributed by atoms with Crippen LogP contribution in [0.25, 0.3) is 0 Å². The van der Waals surface area contributed by atoms with Crippen molar-refractivity contribution in [2.45, 2.75) is 46.1 Å². The predicted octanol–water partition coefficient (Wildman–Crippen LogP) is 2.51. The van der Waals surface area contributed by atoms with Crippen molar-refractivity contribution < 1.29 is 0 Å². The van der Waals surface area contributed by atoms with E-state index in [1.165, 1.54) is 38.8 Å². The van der Waals surface area contributed by atoms with Crippen molar-refractivity contribution in [3.63, 3.8) is 0 Å². The maximum absolute atomic E-state index is 4.58. The van der Waals surface area contributed by atoms with Crippen LogP contribution in [0.15, 0.2) is 12.4 Å². The molecule has 1 fully saturated rings. The number of hydrogen-bond donors (Lipinski definition) is 1. The molecule has 1 saturated heterocycles. The average molecular weight is 264 g/mol. The first-order valence-electron chi connectivity index (χ1n) is 7.82. The fourth-order valence-corrected chi connectivity index (χ4v) is 2.82. The van der Waals surface area contributed by atoms with E-state index in [-0.39, 0.29) is 0 Å². The zero-order chi connectivity index (χ0) is 13.5. The van der Waals surface area contributed by atoms with Crippen molar-refractivity contribution >= 4 is 5.95 Å². The molecule has 19 heavy (non-hydrogen) atoms. The molecular weight excluding hydrogens is 236 g/mol. The largest absolute Gasteiger partial charge is 0.342 e. The van der Waals surface area contributed by atoms with E-state index in [1.54, 1.807) is 0 Å². The van der Waals surface area contributed by atoms with E-state index in [9.17, 15) is 0 Å². The number of nitrogens with zero attached hydrogens (tertiary/aromatic N) is 3. The highest BCUT2D eigenvalue weighted by atomic mass is 15.3. The van der Waals surface area contributed by atoms with E-state index < -0.39 is 0 Å². The van der Waals surface area contributed by atoms with Gasteiger partial charge in [0, 0.05) is 32.0 Å². The van der Waals surface area contributed by atoms with Crippen LogP contribution in [0.1, 0.15) is 39.5 Å². The topological polar surface area (TPSA) is 33.1 Å². The summed E-state index contributed by atoms with van der Waals surface area (Å²) in [7, 11) is 0. The van der Waals surface area contributed by atoms with Gasteiger partial charge < -0.3 is 14.8 Å². The quantitative estimate of drug-likeness (QED) is 0.821. The molecule has 0 amide bonds. The molecular formula is C15H28N4. The highest BCUT2D eigenvalue weighted by molar-refractivity contribution is 5.31. The molecule has 0 radical (unpaired) electrons. The summed E-state index contributed by atoms with van der Waals surface area (Å²) in [6, 6.07) is 0. The molecule has 0 aromatic carbocycles. The summed E-state index contributed by atoms with van der Waals surface area (Å²) >= 11 is 0. The average Bonchev–Trinajstić information content (AvgIpc) is 2.92. The first-order chi connectivity index (χ1) is 9.35. The molecule has 1 aliphatic heterocycles. The second-order valence-corrected chi connectivity index (χ2v) is 5.51. The smallest absolute Gasteiger partial charge is 0.205 e. The van der Waals surface area contributed by atoms with Crippen LogP contribution in [0.5, 0.6) is 0 Å². The Balaban J connectivity index is 1.97. The van der Waals surface area contributed by atoms with Crippen LogP contribution in [-0.2, 0) is 6.54 Å². The second kappa shape index (κ2) is 7.53. The molecule has 0 saturated carbocycles. The number of hydrogen-bond acceptors (Lipinski definition) is 3. The van der Waals surface area contributed by atoms with Gasteiger partial charge in [-0.15, -0.1) is 0 Å². The molecule has 1 aliphatic rings. The minimum atomic E-state index is 0.817. The normalized spacial score (nSPS) is 16.7. The predicted molar refractivity (Wildman–Crippen MR) is 80.6 cm³/mol. The van der Waals surface area contributed by atoms with Crippen molar-refractivity contribution in [1.82, 2.24) is 14.9 Å². The zero-order valence-corrected chi connectivity index (χ0v) is 12.4. The van der Waals surface area contributed by atoms with Gasteiger partial charge in [0.2, 0.25) is 5.95 Å². The van der Waals surface area contributed by atoms with Crippen LogP contribution in [0.3, 0.4) is 0 Å². The van der Waals surface area contributed by atoms with E-state index in [0.29, 0.717) is 0 Å². The van der Waals surface area contributed by atoms with Crippen LogP contribution in [0, 0.1) is 5.92 Å². The first-order valence-corrected chi connectivity index (χ1v) is 7.82. The van der Waals surface area contributed by atoms with Gasteiger partial charge in [-0.2, -0.15) is 0 Å². The van der Waals surface area contributed by atoms with Gasteiger partial charge in [0.1, 0.15) is 0 Å². The molecule has 1 aromatic heterocycles. The Labute approximate surface area is 117 Å². The van der Waals surface area contributed by atoms with Crippen molar-refractivity contribution in [2.24, 2.45) is 5.92 Å². The Morgan fingerprint density at radius 3 is 2.84 bits per heavy atom. The lowest BCUT2D eigenvalue weighted by Crippen LogP contribution is -2.37. The molecule has 0 atom stereocenters. The van der Waals surface area contributed by atoms with Gasteiger partial charge >= 0.3 is 0 Å². The van der Waals surface area contributed by atoms with Gasteiger partial charge in [-0.05, 0) is 45.2 Å². The monoisotopic (exact) mass is 264 g/mol. The highest BCUT2D eigenvalue weighted by Crippen LogP contribution is 2.19. The molecule has 2 heterocycles. The third-order valence-corrected chi connectivity index (χ3v) is 4.05. The standard InChI is InChI=1S/C15H28N4/c1-3-5-11-19-12-10-17-15(19)18(4-2)13-14-6-8-16-9-7-14/h10,12,14,16H,3-9,11,13H2,1-2H3. The molecule has 0 spiro atoms. The van der Waals surface area contributed by atoms with Crippen LogP contribution >= 0.6 is 0 Å².